The third-order valence-electron chi connectivity index (χ3n) is 4.83. The minimum Gasteiger partial charge on any atom is -0.661 e. The van der Waals surface area contributed by atoms with E-state index in [4.69, 9.17) is 10.5 Å². The Bertz CT molecular complexity index is 443. The maximum atomic E-state index is 7.32. The van der Waals surface area contributed by atoms with Gasteiger partial charge in [0.1, 0.15) is 0 Å². The van der Waals surface area contributed by atoms with E-state index in [0.29, 0.717) is 12.1 Å². The fourth-order valence-electron chi connectivity index (χ4n) is 3.64. The Labute approximate surface area is 193 Å². The first-order valence-corrected chi connectivity index (χ1v) is 10.7. The number of nitriles is 2. The Balaban J connectivity index is 0. The SMILES string of the molecule is C1=CCC(C2CCCC[N-]2)[N-]C1.CC#N.CC#N.CN(C)CC1[CH-]CCCC1.[Ru+5]. The molecule has 0 N–H and O–H groups in total. The first-order valence-electron chi connectivity index (χ1n) is 10.7. The van der Waals surface area contributed by atoms with Gasteiger partial charge in [-0.1, -0.05) is 51.0 Å². The average Bonchev–Trinajstić information content (AvgIpc) is 2.71. The number of nitrogens with zero attached hydrogens (tertiary/aromatic N) is 5. The van der Waals surface area contributed by atoms with Gasteiger partial charge >= 0.3 is 19.5 Å². The molecule has 5 nitrogen and oxygen atoms in total. The van der Waals surface area contributed by atoms with E-state index >= 15 is 0 Å². The number of hydrogen-bond donors (Lipinski definition) is 0. The van der Waals surface area contributed by atoms with Crippen LogP contribution in [0.2, 0.25) is 0 Å². The van der Waals surface area contributed by atoms with Crippen molar-refractivity contribution in [3.63, 3.8) is 0 Å². The molecule has 0 aromatic carbocycles. The average molecular weight is 488 g/mol. The molecule has 3 unspecified atom stereocenters. The summed E-state index contributed by atoms with van der Waals surface area (Å²) >= 11 is 0. The smallest absolute Gasteiger partial charge is 0.661 e. The molecule has 1 saturated carbocycles. The van der Waals surface area contributed by atoms with Crippen LogP contribution in [0.15, 0.2) is 12.2 Å². The van der Waals surface area contributed by atoms with Crippen LogP contribution < -0.4 is 0 Å². The molecule has 3 atom stereocenters. The number of hydrogen-bond acceptors (Lipinski definition) is 3. The summed E-state index contributed by atoms with van der Waals surface area (Å²) in [6.07, 6.45) is 17.5. The molecule has 0 amide bonds. The van der Waals surface area contributed by atoms with E-state index in [1.165, 1.54) is 65.3 Å². The van der Waals surface area contributed by atoms with Crippen molar-refractivity contribution < 1.29 is 19.5 Å². The fraction of sp³-hybridized carbons (Fsp3) is 0.783. The van der Waals surface area contributed by atoms with Crippen molar-refractivity contribution >= 4 is 0 Å². The summed E-state index contributed by atoms with van der Waals surface area (Å²) in [7, 11) is 4.31. The summed E-state index contributed by atoms with van der Waals surface area (Å²) in [5.41, 5.74) is 0. The summed E-state index contributed by atoms with van der Waals surface area (Å²) in [4.78, 5) is 2.28. The van der Waals surface area contributed by atoms with Gasteiger partial charge in [-0.25, -0.2) is 0 Å². The Morgan fingerprint density at radius 2 is 1.62 bits per heavy atom. The van der Waals surface area contributed by atoms with Crippen molar-refractivity contribution in [3.05, 3.63) is 29.2 Å². The zero-order valence-electron chi connectivity index (χ0n) is 18.8. The molecule has 2 fully saturated rings. The molecule has 163 valence electrons. The van der Waals surface area contributed by atoms with Gasteiger partial charge in [0, 0.05) is 13.8 Å². The minimum absolute atomic E-state index is 0. The molecule has 6 heteroatoms. The monoisotopic (exact) mass is 488 g/mol. The van der Waals surface area contributed by atoms with Crippen molar-refractivity contribution in [2.24, 2.45) is 5.92 Å². The fourth-order valence-corrected chi connectivity index (χ4v) is 3.64. The summed E-state index contributed by atoms with van der Waals surface area (Å²) in [6, 6.07) is 4.55. The van der Waals surface area contributed by atoms with Crippen LogP contribution in [-0.2, 0) is 19.5 Å². The van der Waals surface area contributed by atoms with Crippen molar-refractivity contribution in [3.8, 4) is 12.1 Å². The van der Waals surface area contributed by atoms with Crippen molar-refractivity contribution in [2.75, 3.05) is 33.7 Å². The second-order valence-electron chi connectivity index (χ2n) is 7.60. The maximum Gasteiger partial charge on any atom is 5.00 e. The Hall–Kier alpha value is -0.777. The maximum absolute atomic E-state index is 7.32. The molecular weight excluding hydrogens is 447 g/mol. The van der Waals surface area contributed by atoms with Gasteiger partial charge in [-0.05, 0) is 20.6 Å². The van der Waals surface area contributed by atoms with Gasteiger partial charge < -0.3 is 22.0 Å². The van der Waals surface area contributed by atoms with Gasteiger partial charge in [0.2, 0.25) is 0 Å². The van der Waals surface area contributed by atoms with Gasteiger partial charge in [0.05, 0.1) is 12.1 Å². The van der Waals surface area contributed by atoms with Crippen LogP contribution in [0.25, 0.3) is 10.6 Å². The molecule has 1 saturated heterocycles. The summed E-state index contributed by atoms with van der Waals surface area (Å²) in [5, 5.41) is 23.8. The van der Waals surface area contributed by atoms with Gasteiger partial charge in [-0.2, -0.15) is 28.9 Å². The number of piperidine rings is 1. The summed E-state index contributed by atoms with van der Waals surface area (Å²) in [5.74, 6) is 0.878. The Morgan fingerprint density at radius 3 is 2.07 bits per heavy atom. The van der Waals surface area contributed by atoms with Gasteiger partial charge in [0.25, 0.3) is 0 Å². The molecule has 0 aromatic heterocycles. The molecule has 0 aromatic rings. The third-order valence-corrected chi connectivity index (χ3v) is 4.83. The summed E-state index contributed by atoms with van der Waals surface area (Å²) < 4.78 is 0. The standard InChI is InChI=1S/C10H16N2.C9H18N.2C2H3N.Ru/c1-3-7-11-9(5-1)10-6-2-4-8-12-10;1-10(2)8-9-6-4-3-5-7-9;2*1-2-3;/h1,3,9-10H,2,4-8H2;6,9H,3-5,7-8H2,1-2H3;2*1H3;/q-2;-1;;;+5. The van der Waals surface area contributed by atoms with Crippen LogP contribution in [0.3, 0.4) is 0 Å². The van der Waals surface area contributed by atoms with Gasteiger partial charge in [0.15, 0.2) is 0 Å². The molecule has 29 heavy (non-hydrogen) atoms. The quantitative estimate of drug-likeness (QED) is 0.295. The van der Waals surface area contributed by atoms with Crippen LogP contribution >= 0.6 is 0 Å². The predicted molar refractivity (Wildman–Crippen MR) is 119 cm³/mol. The zero-order valence-corrected chi connectivity index (χ0v) is 20.6. The first kappa shape index (κ1) is 30.4. The van der Waals surface area contributed by atoms with Crippen molar-refractivity contribution in [1.29, 1.82) is 10.5 Å². The molecule has 3 rings (SSSR count). The van der Waals surface area contributed by atoms with Crippen LogP contribution in [0.1, 0.15) is 65.2 Å². The van der Waals surface area contributed by atoms with E-state index in [0.717, 1.165) is 25.4 Å². The van der Waals surface area contributed by atoms with Crippen LogP contribution in [-0.4, -0.2) is 50.7 Å². The van der Waals surface area contributed by atoms with Gasteiger partial charge in [-0.15, -0.1) is 25.2 Å². The zero-order chi connectivity index (χ0) is 21.0. The van der Waals surface area contributed by atoms with E-state index in [2.05, 4.69) is 48.2 Å². The second-order valence-corrected chi connectivity index (χ2v) is 7.60. The van der Waals surface area contributed by atoms with E-state index in [-0.39, 0.29) is 19.5 Å². The molecule has 1 aliphatic carbocycles. The van der Waals surface area contributed by atoms with Crippen LogP contribution in [0.4, 0.5) is 0 Å². The van der Waals surface area contributed by atoms with Gasteiger partial charge in [-0.3, -0.25) is 0 Å². The molecule has 1 radical (unpaired) electrons. The molecule has 3 aliphatic rings. The topological polar surface area (TPSA) is 79.0 Å². The van der Waals surface area contributed by atoms with E-state index < -0.39 is 0 Å². The van der Waals surface area contributed by atoms with E-state index in [1.54, 1.807) is 12.1 Å². The summed E-state index contributed by atoms with van der Waals surface area (Å²) in [6.45, 7) is 6.09. The van der Waals surface area contributed by atoms with Crippen molar-refractivity contribution in [1.82, 2.24) is 4.90 Å². The number of rotatable bonds is 3. The van der Waals surface area contributed by atoms with E-state index in [9.17, 15) is 0 Å². The van der Waals surface area contributed by atoms with Crippen molar-refractivity contribution in [2.45, 2.75) is 77.3 Å². The Kier molecular flexibility index (Phi) is 23.0. The molecule has 0 spiro atoms. The molecular formula is C23H40N5Ru+2. The predicted octanol–water partition coefficient (Wildman–Crippen LogP) is 5.61. The minimum atomic E-state index is 0. The first-order chi connectivity index (χ1) is 13.6. The van der Waals surface area contributed by atoms with Crippen LogP contribution in [0.5, 0.6) is 0 Å². The molecule has 2 heterocycles. The molecule has 2 aliphatic heterocycles. The Morgan fingerprint density at radius 1 is 0.966 bits per heavy atom. The third kappa shape index (κ3) is 17.8. The largest absolute Gasteiger partial charge is 5.00 e. The normalized spacial score (nSPS) is 25.1. The van der Waals surface area contributed by atoms with Crippen LogP contribution in [0, 0.1) is 35.0 Å². The van der Waals surface area contributed by atoms with E-state index in [1.807, 2.05) is 0 Å². The second kappa shape index (κ2) is 21.9. The molecule has 0 bridgehead atoms.